The van der Waals surface area contributed by atoms with E-state index >= 15 is 0 Å². The smallest absolute Gasteiger partial charge is 0.247 e. The predicted molar refractivity (Wildman–Crippen MR) is 88.7 cm³/mol. The number of hydrogen-bond donors (Lipinski definition) is 0. The highest BCUT2D eigenvalue weighted by molar-refractivity contribution is 5.92. The highest BCUT2D eigenvalue weighted by Crippen LogP contribution is 2.24. The Hall–Kier alpha value is -2.40. The van der Waals surface area contributed by atoms with Crippen LogP contribution in [0.1, 0.15) is 22.9 Å². The third-order valence-corrected chi connectivity index (χ3v) is 4.05. The van der Waals surface area contributed by atoms with Gasteiger partial charge in [0.2, 0.25) is 5.91 Å². The third-order valence-electron chi connectivity index (χ3n) is 4.05. The molecule has 0 saturated carbocycles. The van der Waals surface area contributed by atoms with Crippen LogP contribution in [0.15, 0.2) is 42.9 Å². The molecule has 0 unspecified atom stereocenters. The van der Waals surface area contributed by atoms with Gasteiger partial charge in [-0.25, -0.2) is 0 Å². The highest BCUT2D eigenvalue weighted by Gasteiger charge is 2.28. The zero-order valence-corrected chi connectivity index (χ0v) is 13.5. The van der Waals surface area contributed by atoms with Gasteiger partial charge in [-0.2, -0.15) is 0 Å². The first-order valence-corrected chi connectivity index (χ1v) is 7.74. The summed E-state index contributed by atoms with van der Waals surface area (Å²) in [7, 11) is 1.99. The maximum absolute atomic E-state index is 12.6. The number of aromatic nitrogens is 2. The fraction of sp³-hybridized carbons (Fsp3) is 0.333. The second kappa shape index (κ2) is 6.79. The molecule has 23 heavy (non-hydrogen) atoms. The SMILES string of the molecule is Cc1cncc(/C=C/C(=O)N2CCOC[C@@H]2c2cccn2C)c1. The summed E-state index contributed by atoms with van der Waals surface area (Å²) in [6.45, 7) is 3.70. The summed E-state index contributed by atoms with van der Waals surface area (Å²) in [5, 5.41) is 0. The van der Waals surface area contributed by atoms with Gasteiger partial charge in [0.15, 0.2) is 0 Å². The van der Waals surface area contributed by atoms with Crippen LogP contribution >= 0.6 is 0 Å². The van der Waals surface area contributed by atoms with Crippen molar-refractivity contribution in [2.24, 2.45) is 7.05 Å². The lowest BCUT2D eigenvalue weighted by Crippen LogP contribution is -2.43. The quantitative estimate of drug-likeness (QED) is 0.818. The summed E-state index contributed by atoms with van der Waals surface area (Å²) < 4.78 is 7.61. The maximum Gasteiger partial charge on any atom is 0.247 e. The number of carbonyl (C=O) groups is 1. The Bertz CT molecular complexity index is 721. The number of hydrogen-bond acceptors (Lipinski definition) is 3. The van der Waals surface area contributed by atoms with E-state index in [0.717, 1.165) is 16.8 Å². The molecule has 0 bridgehead atoms. The zero-order valence-electron chi connectivity index (χ0n) is 13.5. The van der Waals surface area contributed by atoms with Gasteiger partial charge in [-0.1, -0.05) is 0 Å². The van der Waals surface area contributed by atoms with E-state index in [9.17, 15) is 4.79 Å². The molecule has 1 fully saturated rings. The molecule has 3 rings (SSSR count). The summed E-state index contributed by atoms with van der Waals surface area (Å²) in [6, 6.07) is 5.98. The van der Waals surface area contributed by atoms with Gasteiger partial charge in [0.05, 0.1) is 19.3 Å². The van der Waals surface area contributed by atoms with Gasteiger partial charge in [-0.05, 0) is 42.3 Å². The molecule has 0 N–H and O–H groups in total. The molecule has 0 aliphatic carbocycles. The molecule has 1 amide bonds. The number of pyridine rings is 1. The largest absolute Gasteiger partial charge is 0.377 e. The monoisotopic (exact) mass is 311 g/mol. The predicted octanol–water partition coefficient (Wildman–Crippen LogP) is 2.34. The fourth-order valence-electron chi connectivity index (χ4n) is 2.87. The Morgan fingerprint density at radius 2 is 2.30 bits per heavy atom. The fourth-order valence-corrected chi connectivity index (χ4v) is 2.87. The van der Waals surface area contributed by atoms with Crippen molar-refractivity contribution < 1.29 is 9.53 Å². The number of morpholine rings is 1. The third kappa shape index (κ3) is 3.51. The van der Waals surface area contributed by atoms with Crippen molar-refractivity contribution in [1.82, 2.24) is 14.5 Å². The van der Waals surface area contributed by atoms with Crippen molar-refractivity contribution in [3.8, 4) is 0 Å². The Morgan fingerprint density at radius 1 is 1.43 bits per heavy atom. The van der Waals surface area contributed by atoms with Gasteiger partial charge in [0.1, 0.15) is 0 Å². The van der Waals surface area contributed by atoms with Crippen LogP contribution in [-0.2, 0) is 16.6 Å². The van der Waals surface area contributed by atoms with E-state index in [-0.39, 0.29) is 11.9 Å². The Labute approximate surface area is 136 Å². The lowest BCUT2D eigenvalue weighted by Gasteiger charge is -2.35. The number of ether oxygens (including phenoxy) is 1. The van der Waals surface area contributed by atoms with Crippen molar-refractivity contribution in [2.45, 2.75) is 13.0 Å². The first kappa shape index (κ1) is 15.5. The van der Waals surface area contributed by atoms with E-state index in [1.54, 1.807) is 18.5 Å². The van der Waals surface area contributed by atoms with Gasteiger partial charge in [-0.3, -0.25) is 9.78 Å². The van der Waals surface area contributed by atoms with Gasteiger partial charge < -0.3 is 14.2 Å². The van der Waals surface area contributed by atoms with Crippen LogP contribution in [-0.4, -0.2) is 40.1 Å². The molecular weight excluding hydrogens is 290 g/mol. The second-order valence-electron chi connectivity index (χ2n) is 5.80. The van der Waals surface area contributed by atoms with Crippen LogP contribution in [0.2, 0.25) is 0 Å². The van der Waals surface area contributed by atoms with Crippen LogP contribution in [0.4, 0.5) is 0 Å². The van der Waals surface area contributed by atoms with E-state index in [1.807, 2.05) is 53.9 Å². The molecule has 2 aromatic rings. The first-order valence-electron chi connectivity index (χ1n) is 7.74. The maximum atomic E-state index is 12.6. The highest BCUT2D eigenvalue weighted by atomic mass is 16.5. The van der Waals surface area contributed by atoms with Gasteiger partial charge in [-0.15, -0.1) is 0 Å². The molecular formula is C18H21N3O2. The van der Waals surface area contributed by atoms with Crippen molar-refractivity contribution in [3.05, 3.63) is 59.7 Å². The van der Waals surface area contributed by atoms with Crippen LogP contribution in [0, 0.1) is 6.92 Å². The van der Waals surface area contributed by atoms with E-state index in [0.29, 0.717) is 19.8 Å². The molecule has 3 heterocycles. The van der Waals surface area contributed by atoms with Crippen molar-refractivity contribution in [2.75, 3.05) is 19.8 Å². The van der Waals surface area contributed by atoms with Crippen molar-refractivity contribution >= 4 is 12.0 Å². The zero-order chi connectivity index (χ0) is 16.2. The van der Waals surface area contributed by atoms with Gasteiger partial charge >= 0.3 is 0 Å². The molecule has 1 atom stereocenters. The van der Waals surface area contributed by atoms with Crippen LogP contribution in [0.25, 0.3) is 6.08 Å². The van der Waals surface area contributed by atoms with E-state index < -0.39 is 0 Å². The minimum atomic E-state index is -0.0449. The normalized spacial score (nSPS) is 18.5. The number of carbonyl (C=O) groups excluding carboxylic acids is 1. The summed E-state index contributed by atoms with van der Waals surface area (Å²) in [5.74, 6) is 0.000932. The van der Waals surface area contributed by atoms with Crippen molar-refractivity contribution in [3.63, 3.8) is 0 Å². The topological polar surface area (TPSA) is 47.4 Å². The van der Waals surface area contributed by atoms with Gasteiger partial charge in [0, 0.05) is 44.0 Å². The second-order valence-corrected chi connectivity index (χ2v) is 5.80. The molecule has 0 spiro atoms. The van der Waals surface area contributed by atoms with Crippen molar-refractivity contribution in [1.29, 1.82) is 0 Å². The molecule has 5 heteroatoms. The first-order chi connectivity index (χ1) is 11.1. The van der Waals surface area contributed by atoms with Crippen LogP contribution < -0.4 is 0 Å². The van der Waals surface area contributed by atoms with E-state index in [4.69, 9.17) is 4.74 Å². The lowest BCUT2D eigenvalue weighted by atomic mass is 10.1. The molecule has 120 valence electrons. The Kier molecular flexibility index (Phi) is 4.57. The number of amides is 1. The molecule has 1 aliphatic heterocycles. The standard InChI is InChI=1S/C18H21N3O2/c1-14-10-15(12-19-11-14)5-6-18(22)21-8-9-23-13-17(21)16-4-3-7-20(16)2/h3-7,10-12,17H,8-9,13H2,1-2H3/b6-5+/t17-/m1/s1. The Balaban J connectivity index is 1.78. The van der Waals surface area contributed by atoms with E-state index in [1.165, 1.54) is 0 Å². The number of nitrogens with zero attached hydrogens (tertiary/aromatic N) is 3. The van der Waals surface area contributed by atoms with E-state index in [2.05, 4.69) is 4.98 Å². The number of aryl methyl sites for hydroxylation is 2. The van der Waals surface area contributed by atoms with Crippen LogP contribution in [0.5, 0.6) is 0 Å². The molecule has 0 radical (unpaired) electrons. The minimum Gasteiger partial charge on any atom is -0.377 e. The molecule has 5 nitrogen and oxygen atoms in total. The Morgan fingerprint density at radius 3 is 3.04 bits per heavy atom. The molecule has 0 aromatic carbocycles. The van der Waals surface area contributed by atoms with Crippen LogP contribution in [0.3, 0.4) is 0 Å². The lowest BCUT2D eigenvalue weighted by molar-refractivity contribution is -0.135. The summed E-state index contributed by atoms with van der Waals surface area (Å²) in [4.78, 5) is 18.6. The summed E-state index contributed by atoms with van der Waals surface area (Å²) >= 11 is 0. The van der Waals surface area contributed by atoms with Gasteiger partial charge in [0.25, 0.3) is 0 Å². The molecule has 2 aromatic heterocycles. The molecule has 1 aliphatic rings. The average Bonchev–Trinajstić information content (AvgIpc) is 2.98. The molecule has 1 saturated heterocycles. The summed E-state index contributed by atoms with van der Waals surface area (Å²) in [6.07, 6.45) is 8.98. The summed E-state index contributed by atoms with van der Waals surface area (Å²) in [5.41, 5.74) is 3.10. The number of rotatable bonds is 3. The minimum absolute atomic E-state index is 0.000932. The average molecular weight is 311 g/mol.